The van der Waals surface area contributed by atoms with Gasteiger partial charge >= 0.3 is 0 Å². The lowest BCUT2D eigenvalue weighted by Crippen LogP contribution is -3.11. The van der Waals surface area contributed by atoms with Crippen molar-refractivity contribution in [1.29, 1.82) is 0 Å². The Bertz CT molecular complexity index is 930. The number of carbonyl (C=O) groups is 2. The van der Waals surface area contributed by atoms with Gasteiger partial charge in [-0.3, -0.25) is 9.59 Å². The van der Waals surface area contributed by atoms with E-state index in [4.69, 9.17) is 14.2 Å². The van der Waals surface area contributed by atoms with Gasteiger partial charge in [0.15, 0.2) is 24.6 Å². The van der Waals surface area contributed by atoms with Crippen LogP contribution < -0.4 is 24.4 Å². The van der Waals surface area contributed by atoms with E-state index in [1.165, 1.54) is 5.56 Å². The standard InChI is InChI=1S/C23H29N3O5/c1-25(14-22(27)24-18-5-7-19(29-2)8-6-18)15-23(28)26-10-9-16-11-20(30-3)21(31-4)12-17(16)13-26/h5-8,11-12H,9-10,13-15H2,1-4H3,(H,24,27)/p+1. The van der Waals surface area contributed by atoms with Crippen LogP contribution in [-0.4, -0.2) is 64.7 Å². The maximum Gasteiger partial charge on any atom is 0.279 e. The van der Waals surface area contributed by atoms with Crippen molar-refractivity contribution in [2.45, 2.75) is 13.0 Å². The third-order valence-electron chi connectivity index (χ3n) is 5.36. The van der Waals surface area contributed by atoms with Gasteiger partial charge in [0.05, 0.1) is 28.4 Å². The third kappa shape index (κ3) is 5.67. The minimum atomic E-state index is -0.142. The lowest BCUT2D eigenvalue weighted by Gasteiger charge is -2.30. The van der Waals surface area contributed by atoms with E-state index in [0.29, 0.717) is 30.3 Å². The first-order chi connectivity index (χ1) is 14.9. The summed E-state index contributed by atoms with van der Waals surface area (Å²) >= 11 is 0. The summed E-state index contributed by atoms with van der Waals surface area (Å²) in [6.07, 6.45) is 0.762. The molecule has 0 spiro atoms. The zero-order valence-corrected chi connectivity index (χ0v) is 18.5. The predicted molar refractivity (Wildman–Crippen MR) is 117 cm³/mol. The molecule has 1 atom stereocenters. The number of quaternary nitrogens is 1. The van der Waals surface area contributed by atoms with Gasteiger partial charge in [0, 0.05) is 18.8 Å². The predicted octanol–water partition coefficient (Wildman–Crippen LogP) is 0.751. The summed E-state index contributed by atoms with van der Waals surface area (Å²) < 4.78 is 15.9. The first-order valence-corrected chi connectivity index (χ1v) is 10.2. The molecule has 2 aromatic rings. The molecule has 166 valence electrons. The Kier molecular flexibility index (Phi) is 7.36. The van der Waals surface area contributed by atoms with Crippen LogP contribution in [0.4, 0.5) is 5.69 Å². The minimum Gasteiger partial charge on any atom is -0.497 e. The molecule has 1 unspecified atom stereocenters. The first-order valence-electron chi connectivity index (χ1n) is 10.2. The largest absolute Gasteiger partial charge is 0.497 e. The fraction of sp³-hybridized carbons (Fsp3) is 0.391. The van der Waals surface area contributed by atoms with E-state index < -0.39 is 0 Å². The quantitative estimate of drug-likeness (QED) is 0.649. The highest BCUT2D eigenvalue weighted by molar-refractivity contribution is 5.91. The molecule has 2 aromatic carbocycles. The van der Waals surface area contributed by atoms with E-state index in [0.717, 1.165) is 22.6 Å². The van der Waals surface area contributed by atoms with Crippen LogP contribution in [0.3, 0.4) is 0 Å². The Balaban J connectivity index is 1.53. The number of methoxy groups -OCH3 is 3. The van der Waals surface area contributed by atoms with Crippen molar-refractivity contribution in [2.75, 3.05) is 53.3 Å². The number of hydrogen-bond donors (Lipinski definition) is 2. The second-order valence-corrected chi connectivity index (χ2v) is 7.63. The number of anilines is 1. The number of carbonyl (C=O) groups excluding carboxylic acids is 2. The van der Waals surface area contributed by atoms with Crippen molar-refractivity contribution in [1.82, 2.24) is 4.90 Å². The summed E-state index contributed by atoms with van der Waals surface area (Å²) in [5.74, 6) is 1.97. The highest BCUT2D eigenvalue weighted by Gasteiger charge is 2.25. The van der Waals surface area contributed by atoms with Crippen molar-refractivity contribution in [3.05, 3.63) is 47.5 Å². The zero-order chi connectivity index (χ0) is 22.4. The van der Waals surface area contributed by atoms with Gasteiger partial charge in [0.25, 0.3) is 11.8 Å². The Hall–Kier alpha value is -3.26. The summed E-state index contributed by atoms with van der Waals surface area (Å²) in [7, 11) is 6.66. The molecule has 2 N–H and O–H groups in total. The minimum absolute atomic E-state index is 0.0233. The molecule has 3 rings (SSSR count). The number of ether oxygens (including phenoxy) is 3. The van der Waals surface area contributed by atoms with E-state index in [2.05, 4.69) is 5.32 Å². The number of rotatable bonds is 8. The van der Waals surface area contributed by atoms with Gasteiger partial charge in [-0.25, -0.2) is 0 Å². The number of likely N-dealkylation sites (N-methyl/N-ethyl adjacent to an activating group) is 1. The fourth-order valence-electron chi connectivity index (χ4n) is 3.68. The van der Waals surface area contributed by atoms with E-state index in [-0.39, 0.29) is 24.9 Å². The number of nitrogens with one attached hydrogen (secondary N) is 2. The third-order valence-corrected chi connectivity index (χ3v) is 5.36. The zero-order valence-electron chi connectivity index (χ0n) is 18.5. The van der Waals surface area contributed by atoms with Gasteiger partial charge in [-0.05, 0) is 53.9 Å². The lowest BCUT2D eigenvalue weighted by atomic mass is 9.98. The molecule has 0 fully saturated rings. The van der Waals surface area contributed by atoms with Crippen molar-refractivity contribution in [2.24, 2.45) is 0 Å². The maximum atomic E-state index is 12.8. The van der Waals surface area contributed by atoms with Crippen LogP contribution in [0.5, 0.6) is 17.2 Å². The molecule has 0 aromatic heterocycles. The molecule has 1 aliphatic heterocycles. The topological polar surface area (TPSA) is 81.5 Å². The molecule has 0 bridgehead atoms. The monoisotopic (exact) mass is 428 g/mol. The Labute approximate surface area is 182 Å². The van der Waals surface area contributed by atoms with Crippen LogP contribution in [-0.2, 0) is 22.6 Å². The molecule has 2 amide bonds. The first kappa shape index (κ1) is 22.4. The van der Waals surface area contributed by atoms with Crippen molar-refractivity contribution >= 4 is 17.5 Å². The van der Waals surface area contributed by atoms with Crippen LogP contribution in [0.15, 0.2) is 36.4 Å². The molecule has 8 nitrogen and oxygen atoms in total. The Morgan fingerprint density at radius 2 is 1.61 bits per heavy atom. The number of nitrogens with zero attached hydrogens (tertiary/aromatic N) is 1. The van der Waals surface area contributed by atoms with Gasteiger partial charge in [-0.2, -0.15) is 0 Å². The van der Waals surface area contributed by atoms with E-state index in [9.17, 15) is 9.59 Å². The van der Waals surface area contributed by atoms with E-state index in [1.54, 1.807) is 45.6 Å². The number of fused-ring (bicyclic) bond motifs is 1. The molecule has 31 heavy (non-hydrogen) atoms. The normalized spacial score (nSPS) is 13.7. The van der Waals surface area contributed by atoms with Crippen molar-refractivity contribution in [3.8, 4) is 17.2 Å². The summed E-state index contributed by atoms with van der Waals surface area (Å²) in [4.78, 5) is 27.8. The molecule has 0 radical (unpaired) electrons. The van der Waals surface area contributed by atoms with Gasteiger partial charge < -0.3 is 29.3 Å². The van der Waals surface area contributed by atoms with Gasteiger partial charge in [-0.15, -0.1) is 0 Å². The average Bonchev–Trinajstić information content (AvgIpc) is 2.77. The Morgan fingerprint density at radius 1 is 0.968 bits per heavy atom. The maximum absolute atomic E-state index is 12.8. The molecule has 1 aliphatic rings. The van der Waals surface area contributed by atoms with Gasteiger partial charge in [0.1, 0.15) is 5.75 Å². The molecule has 8 heteroatoms. The molecule has 0 saturated heterocycles. The van der Waals surface area contributed by atoms with Gasteiger partial charge in [0.2, 0.25) is 0 Å². The van der Waals surface area contributed by atoms with Gasteiger partial charge in [-0.1, -0.05) is 0 Å². The molecular weight excluding hydrogens is 398 g/mol. The fourth-order valence-corrected chi connectivity index (χ4v) is 3.68. The lowest BCUT2D eigenvalue weighted by molar-refractivity contribution is -0.862. The number of hydrogen-bond acceptors (Lipinski definition) is 5. The van der Waals surface area contributed by atoms with Crippen LogP contribution in [0.1, 0.15) is 11.1 Å². The smallest absolute Gasteiger partial charge is 0.279 e. The molecule has 0 saturated carbocycles. The van der Waals surface area contributed by atoms with Crippen molar-refractivity contribution in [3.63, 3.8) is 0 Å². The van der Waals surface area contributed by atoms with Crippen LogP contribution in [0, 0.1) is 0 Å². The van der Waals surface area contributed by atoms with E-state index >= 15 is 0 Å². The molecule has 1 heterocycles. The second kappa shape index (κ2) is 10.2. The average molecular weight is 429 g/mol. The highest BCUT2D eigenvalue weighted by atomic mass is 16.5. The van der Waals surface area contributed by atoms with Crippen molar-refractivity contribution < 1.29 is 28.7 Å². The molecular formula is C23H30N3O5+. The summed E-state index contributed by atoms with van der Waals surface area (Å²) in [6, 6.07) is 11.1. The van der Waals surface area contributed by atoms with Crippen LogP contribution in [0.25, 0.3) is 0 Å². The number of benzene rings is 2. The molecule has 0 aliphatic carbocycles. The van der Waals surface area contributed by atoms with E-state index in [1.807, 2.05) is 24.1 Å². The Morgan fingerprint density at radius 3 is 2.23 bits per heavy atom. The SMILES string of the molecule is COc1ccc(NC(=O)C[NH+](C)CC(=O)N2CCc3cc(OC)c(OC)cc3C2)cc1. The summed E-state index contributed by atoms with van der Waals surface area (Å²) in [5, 5.41) is 2.85. The van der Waals surface area contributed by atoms with Crippen LogP contribution >= 0.6 is 0 Å². The van der Waals surface area contributed by atoms with Crippen LogP contribution in [0.2, 0.25) is 0 Å². The summed E-state index contributed by atoms with van der Waals surface area (Å²) in [6.45, 7) is 1.62. The summed E-state index contributed by atoms with van der Waals surface area (Å²) in [5.41, 5.74) is 2.93. The number of amides is 2. The highest BCUT2D eigenvalue weighted by Crippen LogP contribution is 2.33. The second-order valence-electron chi connectivity index (χ2n) is 7.63.